The van der Waals surface area contributed by atoms with Gasteiger partial charge in [-0.3, -0.25) is 14.6 Å². The molecule has 0 spiro atoms. The number of methoxy groups -OCH3 is 1. The van der Waals surface area contributed by atoms with E-state index in [1.54, 1.807) is 13.0 Å². The minimum Gasteiger partial charge on any atom is -0.495 e. The zero-order valence-corrected chi connectivity index (χ0v) is 28.0. The Bertz CT molecular complexity index is 2080. The molecule has 0 fully saturated rings. The number of nitrogen functional groups attached to an aromatic ring is 1. The SMILES string of the molecule is COc1cc(C(=O)NC[C@@H](c2ccc(F)cc2)c2cc3c(c(-c4ccc5c(c4Cl)OC(F)(F)O5)n2)OC[C@]3(C)C(N)=O)cc(/C=N/C(C)F)c1N. The predicted octanol–water partition coefficient (Wildman–Crippen LogP) is 5.89. The number of nitrogens with two attached hydrogens (primary N) is 2. The van der Waals surface area contributed by atoms with Crippen LogP contribution in [0.1, 0.15) is 52.5 Å². The van der Waals surface area contributed by atoms with Crippen LogP contribution in [0.2, 0.25) is 5.02 Å². The van der Waals surface area contributed by atoms with E-state index in [1.807, 2.05) is 0 Å². The molecule has 2 amide bonds. The van der Waals surface area contributed by atoms with E-state index in [9.17, 15) is 27.2 Å². The second kappa shape index (κ2) is 13.3. The lowest BCUT2D eigenvalue weighted by Crippen LogP contribution is -2.40. The van der Waals surface area contributed by atoms with Crippen molar-refractivity contribution in [3.05, 3.63) is 93.4 Å². The van der Waals surface area contributed by atoms with Gasteiger partial charge in [-0.2, -0.15) is 0 Å². The Hall–Kier alpha value is -5.57. The molecule has 11 nitrogen and oxygen atoms in total. The number of carbonyl (C=O) groups excluding carboxylic acids is 2. The highest BCUT2D eigenvalue weighted by molar-refractivity contribution is 6.35. The molecule has 0 aliphatic carbocycles. The van der Waals surface area contributed by atoms with Crippen LogP contribution in [-0.2, 0) is 10.2 Å². The molecular formula is C35H30ClF4N5O6. The number of benzene rings is 3. The van der Waals surface area contributed by atoms with Crippen molar-refractivity contribution in [1.82, 2.24) is 10.3 Å². The van der Waals surface area contributed by atoms with Crippen molar-refractivity contribution in [2.45, 2.75) is 37.8 Å². The number of hydrogen-bond acceptors (Lipinski definition) is 9. The summed E-state index contributed by atoms with van der Waals surface area (Å²) in [6.45, 7) is 2.50. The van der Waals surface area contributed by atoms with Crippen molar-refractivity contribution < 1.29 is 46.1 Å². The van der Waals surface area contributed by atoms with E-state index in [-0.39, 0.29) is 69.2 Å². The summed E-state index contributed by atoms with van der Waals surface area (Å²) in [5, 5.41) is 2.58. The molecule has 16 heteroatoms. The summed E-state index contributed by atoms with van der Waals surface area (Å²) in [5.41, 5.74) is 12.3. The van der Waals surface area contributed by atoms with Gasteiger partial charge in [0.1, 0.15) is 35.0 Å². The van der Waals surface area contributed by atoms with Crippen LogP contribution in [0.4, 0.5) is 23.2 Å². The Labute approximate surface area is 293 Å². The maximum absolute atomic E-state index is 14.1. The van der Waals surface area contributed by atoms with Crippen molar-refractivity contribution in [2.24, 2.45) is 10.7 Å². The van der Waals surface area contributed by atoms with Gasteiger partial charge in [0.2, 0.25) is 5.91 Å². The molecule has 3 atom stereocenters. The smallest absolute Gasteiger partial charge is 0.495 e. The van der Waals surface area contributed by atoms with Gasteiger partial charge >= 0.3 is 6.29 Å². The second-order valence-corrected chi connectivity index (χ2v) is 12.4. The molecule has 0 saturated carbocycles. The van der Waals surface area contributed by atoms with Crippen LogP contribution in [0.5, 0.6) is 23.0 Å². The number of hydrogen-bond donors (Lipinski definition) is 3. The largest absolute Gasteiger partial charge is 0.586 e. The van der Waals surface area contributed by atoms with E-state index in [1.165, 1.54) is 68.8 Å². The van der Waals surface area contributed by atoms with Crippen LogP contribution in [0.25, 0.3) is 11.3 Å². The number of primary amides is 1. The van der Waals surface area contributed by atoms with Crippen LogP contribution < -0.4 is 35.7 Å². The summed E-state index contributed by atoms with van der Waals surface area (Å²) in [5.74, 6) is -3.08. The van der Waals surface area contributed by atoms with Crippen LogP contribution in [0.3, 0.4) is 0 Å². The Kier molecular flexibility index (Phi) is 9.18. The topological polar surface area (TPSA) is 160 Å². The van der Waals surface area contributed by atoms with Gasteiger partial charge in [-0.25, -0.2) is 13.8 Å². The molecule has 6 rings (SSSR count). The van der Waals surface area contributed by atoms with Gasteiger partial charge in [0.15, 0.2) is 17.8 Å². The number of amides is 2. The first-order valence-electron chi connectivity index (χ1n) is 15.4. The van der Waals surface area contributed by atoms with E-state index in [4.69, 9.17) is 37.5 Å². The van der Waals surface area contributed by atoms with Gasteiger partial charge in [-0.1, -0.05) is 23.7 Å². The van der Waals surface area contributed by atoms with Crippen LogP contribution in [0.15, 0.2) is 59.6 Å². The third kappa shape index (κ3) is 6.68. The van der Waals surface area contributed by atoms with E-state index >= 15 is 0 Å². The first kappa shape index (κ1) is 35.3. The molecule has 0 radical (unpaired) electrons. The summed E-state index contributed by atoms with van der Waals surface area (Å²) in [7, 11) is 1.36. The van der Waals surface area contributed by atoms with Crippen molar-refractivity contribution >= 4 is 35.3 Å². The summed E-state index contributed by atoms with van der Waals surface area (Å²) in [6.07, 6.45) is -4.29. The molecule has 3 heterocycles. The van der Waals surface area contributed by atoms with Crippen molar-refractivity contribution in [2.75, 3.05) is 26.0 Å². The quantitative estimate of drug-likeness (QED) is 0.0790. The number of pyridine rings is 1. The number of nitrogens with zero attached hydrogens (tertiary/aromatic N) is 2. The Morgan fingerprint density at radius 1 is 1.14 bits per heavy atom. The fraction of sp³-hybridized carbons (Fsp3) is 0.257. The molecule has 4 aromatic rings. The molecule has 3 aromatic carbocycles. The lowest BCUT2D eigenvalue weighted by molar-refractivity contribution is -0.286. The first-order valence-corrected chi connectivity index (χ1v) is 15.7. The van der Waals surface area contributed by atoms with Crippen molar-refractivity contribution in [1.29, 1.82) is 0 Å². The summed E-state index contributed by atoms with van der Waals surface area (Å²) in [6, 6.07) is 12.5. The zero-order valence-electron chi connectivity index (χ0n) is 27.2. The highest BCUT2D eigenvalue weighted by atomic mass is 35.5. The molecule has 2 aliphatic rings. The van der Waals surface area contributed by atoms with Crippen molar-refractivity contribution in [3.8, 4) is 34.3 Å². The minimum atomic E-state index is -3.96. The lowest BCUT2D eigenvalue weighted by atomic mass is 9.81. The fourth-order valence-corrected chi connectivity index (χ4v) is 6.04. The Morgan fingerprint density at radius 3 is 2.53 bits per heavy atom. The molecule has 0 bridgehead atoms. The van der Waals surface area contributed by atoms with Crippen LogP contribution >= 0.6 is 11.6 Å². The van der Waals surface area contributed by atoms with Gasteiger partial charge in [0, 0.05) is 40.9 Å². The average Bonchev–Trinajstić information content (AvgIpc) is 3.61. The monoisotopic (exact) mass is 727 g/mol. The number of ether oxygens (including phenoxy) is 4. The van der Waals surface area contributed by atoms with Crippen LogP contribution in [-0.4, -0.2) is 55.9 Å². The molecule has 2 aliphatic heterocycles. The maximum atomic E-state index is 14.1. The van der Waals surface area contributed by atoms with Crippen molar-refractivity contribution in [3.63, 3.8) is 0 Å². The Balaban J connectivity index is 1.46. The highest BCUT2D eigenvalue weighted by Gasteiger charge is 2.47. The number of aliphatic imine (C=N–C) groups is 1. The normalized spacial score (nSPS) is 18.2. The number of rotatable bonds is 10. The van der Waals surface area contributed by atoms with E-state index in [0.717, 1.165) is 0 Å². The third-order valence-electron chi connectivity index (χ3n) is 8.57. The highest BCUT2D eigenvalue weighted by Crippen LogP contribution is 2.52. The molecule has 0 saturated heterocycles. The van der Waals surface area contributed by atoms with Gasteiger partial charge in [0.05, 0.1) is 23.5 Å². The lowest BCUT2D eigenvalue weighted by Gasteiger charge is -2.23. The third-order valence-corrected chi connectivity index (χ3v) is 8.95. The van der Waals surface area contributed by atoms with E-state index < -0.39 is 47.3 Å². The second-order valence-electron chi connectivity index (χ2n) is 12.0. The first-order chi connectivity index (χ1) is 24.1. The van der Waals surface area contributed by atoms with Gasteiger partial charge in [-0.15, -0.1) is 8.78 Å². The van der Waals surface area contributed by atoms with Crippen LogP contribution in [0, 0.1) is 5.82 Å². The standard InChI is InChI=1S/C35H30ClF4N5O6/c1-16(37)43-13-19-10-18(11-26(48-3)28(19)41)32(46)44-14-22(17-4-6-20(38)7-5-17)24-12-23-30(49-15-34(23,2)33(42)47)29(45-24)21-8-9-25-31(27(21)36)51-35(39,40)50-25/h4-13,16,22H,14-15,41H2,1-3H3,(H2,42,47)(H,44,46)/b43-13+/t16?,22-,34-/m0/s1. The summed E-state index contributed by atoms with van der Waals surface area (Å²) >= 11 is 6.60. The van der Waals surface area contributed by atoms with Gasteiger partial charge in [0.25, 0.3) is 5.91 Å². The Morgan fingerprint density at radius 2 is 1.86 bits per heavy atom. The molecule has 1 aromatic heterocycles. The number of carbonyl (C=O) groups is 2. The fourth-order valence-electron chi connectivity index (χ4n) is 5.76. The number of halogens is 5. The molecule has 1 unspecified atom stereocenters. The predicted molar refractivity (Wildman–Crippen MR) is 179 cm³/mol. The van der Waals surface area contributed by atoms with Gasteiger partial charge < -0.3 is 35.7 Å². The summed E-state index contributed by atoms with van der Waals surface area (Å²) < 4.78 is 76.0. The average molecular weight is 728 g/mol. The van der Waals surface area contributed by atoms with Gasteiger partial charge in [-0.05, 0) is 61.9 Å². The van der Waals surface area contributed by atoms with E-state index in [0.29, 0.717) is 11.1 Å². The molecular weight excluding hydrogens is 698 g/mol. The number of aromatic nitrogens is 1. The number of nitrogens with one attached hydrogen (secondary N) is 1. The molecule has 5 N–H and O–H groups in total. The maximum Gasteiger partial charge on any atom is 0.586 e. The number of anilines is 1. The zero-order chi connectivity index (χ0) is 36.8. The van der Waals surface area contributed by atoms with E-state index in [2.05, 4.69) is 19.8 Å². The number of alkyl halides is 3. The minimum absolute atomic E-state index is 0.0619. The molecule has 266 valence electrons. The molecule has 51 heavy (non-hydrogen) atoms. The summed E-state index contributed by atoms with van der Waals surface area (Å²) in [4.78, 5) is 35.0. The number of fused-ring (bicyclic) bond motifs is 2.